The van der Waals surface area contributed by atoms with Crippen molar-refractivity contribution in [3.05, 3.63) is 180 Å². The maximum absolute atomic E-state index is 7.60. The van der Waals surface area contributed by atoms with Gasteiger partial charge < -0.3 is 23.7 Å². The Morgan fingerprint density at radius 1 is 0.421 bits per heavy atom. The van der Waals surface area contributed by atoms with Crippen molar-refractivity contribution in [3.8, 4) is 34.5 Å². The monoisotopic (exact) mass is 762 g/mol. The quantitative estimate of drug-likeness (QED) is 0.0775. The molecule has 0 aliphatic carbocycles. The number of benzene rings is 6. The van der Waals surface area contributed by atoms with Gasteiger partial charge in [-0.05, 0) is 107 Å². The molecule has 296 valence electrons. The van der Waals surface area contributed by atoms with E-state index in [1.165, 1.54) is 11.1 Å². The van der Waals surface area contributed by atoms with E-state index in [1.807, 2.05) is 72.8 Å². The molecule has 0 N–H and O–H groups in total. The Balaban J connectivity index is 1.47. The van der Waals surface area contributed by atoms with Crippen molar-refractivity contribution >= 4 is 0 Å². The van der Waals surface area contributed by atoms with Gasteiger partial charge in [-0.2, -0.15) is 0 Å². The summed E-state index contributed by atoms with van der Waals surface area (Å²) in [6.07, 6.45) is 2.55. The molecule has 0 aliphatic rings. The highest BCUT2D eigenvalue weighted by molar-refractivity contribution is 5.48. The van der Waals surface area contributed by atoms with Crippen LogP contribution in [-0.2, 0) is 15.6 Å². The van der Waals surface area contributed by atoms with Crippen molar-refractivity contribution in [1.29, 1.82) is 0 Å². The third-order valence-corrected chi connectivity index (χ3v) is 10.4. The Morgan fingerprint density at radius 3 is 1.12 bits per heavy atom. The van der Waals surface area contributed by atoms with Gasteiger partial charge in [0.2, 0.25) is 0 Å². The summed E-state index contributed by atoms with van der Waals surface area (Å²) in [7, 11) is 0. The number of hydrogen-bond donors (Lipinski definition) is 0. The van der Waals surface area contributed by atoms with Gasteiger partial charge in [0.25, 0.3) is 0 Å². The fraction of sp³-hybridized carbons (Fsp3) is 0.308. The molecule has 0 radical (unpaired) electrons. The van der Waals surface area contributed by atoms with Crippen LogP contribution in [0.1, 0.15) is 102 Å². The lowest BCUT2D eigenvalue weighted by molar-refractivity contribution is -0.0413. The third kappa shape index (κ3) is 11.3. The SMILES string of the molecule is CCCOc1ccc(C(CC(C)(C)c2ccccc2)OC(CC(C)(C)c2ccccc2)c2ccc(OCCC)c(Oc3ccccc3)c2)cc1Oc1ccccc1. The summed E-state index contributed by atoms with van der Waals surface area (Å²) in [6.45, 7) is 14.6. The van der Waals surface area contributed by atoms with Gasteiger partial charge in [0, 0.05) is 0 Å². The fourth-order valence-electron chi connectivity index (χ4n) is 7.13. The van der Waals surface area contributed by atoms with Crippen LogP contribution in [0.15, 0.2) is 158 Å². The molecular weight excluding hydrogens is 705 g/mol. The Labute approximate surface area is 340 Å². The van der Waals surface area contributed by atoms with Crippen LogP contribution >= 0.6 is 0 Å². The number of hydrogen-bond acceptors (Lipinski definition) is 5. The molecule has 0 spiro atoms. The van der Waals surface area contributed by atoms with Crippen LogP contribution in [0.5, 0.6) is 34.5 Å². The molecule has 0 amide bonds. The van der Waals surface area contributed by atoms with Crippen LogP contribution in [-0.4, -0.2) is 13.2 Å². The lowest BCUT2D eigenvalue weighted by atomic mass is 9.77. The van der Waals surface area contributed by atoms with E-state index in [4.69, 9.17) is 23.7 Å². The highest BCUT2D eigenvalue weighted by atomic mass is 16.5. The first-order valence-electron chi connectivity index (χ1n) is 20.4. The summed E-state index contributed by atoms with van der Waals surface area (Å²) in [6, 6.07) is 53.7. The van der Waals surface area contributed by atoms with Gasteiger partial charge >= 0.3 is 0 Å². The minimum Gasteiger partial charge on any atom is -0.490 e. The first-order valence-corrected chi connectivity index (χ1v) is 20.4. The third-order valence-electron chi connectivity index (χ3n) is 10.4. The lowest BCUT2D eigenvalue weighted by Crippen LogP contribution is -2.26. The molecule has 57 heavy (non-hydrogen) atoms. The zero-order valence-corrected chi connectivity index (χ0v) is 34.4. The summed E-state index contributed by atoms with van der Waals surface area (Å²) >= 11 is 0. The molecule has 5 nitrogen and oxygen atoms in total. The van der Waals surface area contributed by atoms with Crippen molar-refractivity contribution in [2.24, 2.45) is 0 Å². The van der Waals surface area contributed by atoms with Gasteiger partial charge in [-0.25, -0.2) is 0 Å². The van der Waals surface area contributed by atoms with E-state index in [9.17, 15) is 0 Å². The Hall–Kier alpha value is -5.52. The van der Waals surface area contributed by atoms with E-state index in [0.29, 0.717) is 49.1 Å². The summed E-state index contributed by atoms with van der Waals surface area (Å²) < 4.78 is 33.2. The van der Waals surface area contributed by atoms with Crippen molar-refractivity contribution in [2.75, 3.05) is 13.2 Å². The second-order valence-electron chi connectivity index (χ2n) is 16.0. The van der Waals surface area contributed by atoms with Crippen LogP contribution in [0, 0.1) is 0 Å². The predicted molar refractivity (Wildman–Crippen MR) is 232 cm³/mol. The van der Waals surface area contributed by atoms with Gasteiger partial charge in [0.1, 0.15) is 11.5 Å². The minimum absolute atomic E-state index is 0.233. The van der Waals surface area contributed by atoms with E-state index < -0.39 is 0 Å². The van der Waals surface area contributed by atoms with E-state index in [2.05, 4.69) is 126 Å². The molecule has 0 saturated heterocycles. The topological polar surface area (TPSA) is 46.2 Å². The lowest BCUT2D eigenvalue weighted by Gasteiger charge is -2.36. The number of para-hydroxylation sites is 2. The van der Waals surface area contributed by atoms with Crippen LogP contribution in [0.4, 0.5) is 0 Å². The molecule has 0 saturated carbocycles. The Kier molecular flexibility index (Phi) is 14.1. The molecule has 2 atom stereocenters. The van der Waals surface area contributed by atoms with Crippen LogP contribution in [0.25, 0.3) is 0 Å². The number of rotatable bonds is 20. The van der Waals surface area contributed by atoms with Gasteiger partial charge in [-0.3, -0.25) is 0 Å². The van der Waals surface area contributed by atoms with Crippen LogP contribution < -0.4 is 18.9 Å². The normalized spacial score (nSPS) is 12.7. The fourth-order valence-corrected chi connectivity index (χ4v) is 7.13. The van der Waals surface area contributed by atoms with E-state index in [0.717, 1.165) is 35.5 Å². The predicted octanol–water partition coefficient (Wildman–Crippen LogP) is 14.4. The minimum atomic E-state index is -0.329. The molecule has 2 unspecified atom stereocenters. The highest BCUT2D eigenvalue weighted by Gasteiger charge is 2.34. The van der Waals surface area contributed by atoms with E-state index >= 15 is 0 Å². The Bertz CT molecular complexity index is 1940. The van der Waals surface area contributed by atoms with Gasteiger partial charge in [-0.15, -0.1) is 0 Å². The second kappa shape index (κ2) is 19.6. The molecule has 6 aromatic rings. The zero-order chi connectivity index (χ0) is 40.1. The van der Waals surface area contributed by atoms with Gasteiger partial charge in [0.15, 0.2) is 23.0 Å². The molecule has 0 heterocycles. The maximum Gasteiger partial charge on any atom is 0.169 e. The Morgan fingerprint density at radius 2 is 0.772 bits per heavy atom. The van der Waals surface area contributed by atoms with Crippen molar-refractivity contribution in [1.82, 2.24) is 0 Å². The summed E-state index contributed by atoms with van der Waals surface area (Å²) in [5.74, 6) is 4.23. The van der Waals surface area contributed by atoms with Crippen molar-refractivity contribution < 1.29 is 23.7 Å². The molecular formula is C52H58O5. The molecule has 6 aromatic carbocycles. The molecule has 6 rings (SSSR count). The van der Waals surface area contributed by atoms with E-state index in [-0.39, 0.29) is 23.0 Å². The molecule has 0 fully saturated rings. The maximum atomic E-state index is 7.60. The molecule has 0 bridgehead atoms. The number of ether oxygens (including phenoxy) is 5. The average molecular weight is 763 g/mol. The average Bonchev–Trinajstić information content (AvgIpc) is 3.23. The van der Waals surface area contributed by atoms with Gasteiger partial charge in [0.05, 0.1) is 25.4 Å². The van der Waals surface area contributed by atoms with Crippen LogP contribution in [0.2, 0.25) is 0 Å². The molecule has 0 aromatic heterocycles. The smallest absolute Gasteiger partial charge is 0.169 e. The standard InChI is InChI=1S/C52H58O5/c1-7-33-53-45-31-29-39(35-47(45)55-43-25-17-11-18-26-43)49(37-51(3,4)41-21-13-9-14-22-41)57-50(38-52(5,6)42-23-15-10-16-24-42)40-30-32-46(54-34-8-2)48(36-40)56-44-27-19-12-20-28-44/h9-32,35-36,49-50H,7-8,33-34,37-38H2,1-6H3. The second-order valence-corrected chi connectivity index (χ2v) is 16.0. The molecule has 0 aliphatic heterocycles. The summed E-state index contributed by atoms with van der Waals surface area (Å²) in [4.78, 5) is 0. The largest absolute Gasteiger partial charge is 0.490 e. The highest BCUT2D eigenvalue weighted by Crippen LogP contribution is 2.46. The zero-order valence-electron chi connectivity index (χ0n) is 34.4. The first kappa shape index (κ1) is 41.1. The van der Waals surface area contributed by atoms with Crippen molar-refractivity contribution in [2.45, 2.75) is 90.3 Å². The van der Waals surface area contributed by atoms with E-state index in [1.54, 1.807) is 0 Å². The van der Waals surface area contributed by atoms with Crippen molar-refractivity contribution in [3.63, 3.8) is 0 Å². The summed E-state index contributed by atoms with van der Waals surface area (Å²) in [5.41, 5.74) is 4.06. The van der Waals surface area contributed by atoms with Gasteiger partial charge in [-0.1, -0.05) is 151 Å². The molecule has 5 heteroatoms. The first-order chi connectivity index (χ1) is 27.6. The van der Waals surface area contributed by atoms with Crippen LogP contribution in [0.3, 0.4) is 0 Å². The summed E-state index contributed by atoms with van der Waals surface area (Å²) in [5, 5.41) is 0.